The second kappa shape index (κ2) is 9.82. The van der Waals surface area contributed by atoms with E-state index in [1.165, 1.54) is 6.07 Å². The minimum Gasteiger partial charge on any atom is -0.367 e. The van der Waals surface area contributed by atoms with Gasteiger partial charge < -0.3 is 15.5 Å². The van der Waals surface area contributed by atoms with Crippen LogP contribution in [0.2, 0.25) is 0 Å². The molecule has 3 rings (SSSR count). The van der Waals surface area contributed by atoms with Crippen LogP contribution in [0.1, 0.15) is 41.9 Å². The van der Waals surface area contributed by atoms with Gasteiger partial charge in [0.15, 0.2) is 11.6 Å². The molecular weight excluding hydrogens is 400 g/mol. The van der Waals surface area contributed by atoms with Gasteiger partial charge >= 0.3 is 0 Å². The first-order chi connectivity index (χ1) is 13.3. The lowest BCUT2D eigenvalue weighted by Crippen LogP contribution is -2.40. The van der Waals surface area contributed by atoms with Gasteiger partial charge in [0.05, 0.1) is 0 Å². The van der Waals surface area contributed by atoms with E-state index in [2.05, 4.69) is 20.6 Å². The Kier molecular flexibility index (Phi) is 7.73. The van der Waals surface area contributed by atoms with Crippen molar-refractivity contribution in [2.45, 2.75) is 44.7 Å². The predicted molar refractivity (Wildman–Crippen MR) is 112 cm³/mol. The molecule has 1 aliphatic rings. The molecule has 6 nitrogen and oxygen atoms in total. The van der Waals surface area contributed by atoms with Crippen molar-refractivity contribution >= 4 is 29.9 Å². The second-order valence-corrected chi connectivity index (χ2v) is 7.35. The zero-order valence-corrected chi connectivity index (χ0v) is 17.5. The van der Waals surface area contributed by atoms with E-state index in [9.17, 15) is 13.6 Å². The maximum Gasteiger partial charge on any atom is 0.251 e. The normalized spacial score (nSPS) is 18.5. The van der Waals surface area contributed by atoms with Gasteiger partial charge in [-0.25, -0.2) is 18.7 Å². The first-order valence-corrected chi connectivity index (χ1v) is 9.37. The van der Waals surface area contributed by atoms with Gasteiger partial charge in [-0.15, -0.1) is 12.4 Å². The molecule has 1 amide bonds. The van der Waals surface area contributed by atoms with Crippen LogP contribution in [0, 0.1) is 18.6 Å². The second-order valence-electron chi connectivity index (χ2n) is 7.35. The number of benzene rings is 1. The highest BCUT2D eigenvalue weighted by Crippen LogP contribution is 2.23. The van der Waals surface area contributed by atoms with E-state index >= 15 is 0 Å². The average molecular weight is 426 g/mol. The number of carbonyl (C=O) groups excluding carboxylic acids is 1. The molecule has 1 aliphatic carbocycles. The van der Waals surface area contributed by atoms with Crippen LogP contribution >= 0.6 is 12.4 Å². The Morgan fingerprint density at radius 2 is 1.69 bits per heavy atom. The number of amides is 1. The number of anilines is 2. The highest BCUT2D eigenvalue weighted by atomic mass is 35.5. The summed E-state index contributed by atoms with van der Waals surface area (Å²) in [6.45, 7) is 1.86. The third kappa shape index (κ3) is 6.00. The van der Waals surface area contributed by atoms with Gasteiger partial charge in [-0.2, -0.15) is 0 Å². The fourth-order valence-corrected chi connectivity index (χ4v) is 3.35. The van der Waals surface area contributed by atoms with Crippen molar-refractivity contribution in [1.29, 1.82) is 0 Å². The Balaban J connectivity index is 0.00000300. The lowest BCUT2D eigenvalue weighted by atomic mass is 9.91. The summed E-state index contributed by atoms with van der Waals surface area (Å²) in [5, 5.41) is 6.37. The Bertz CT molecular complexity index is 857. The summed E-state index contributed by atoms with van der Waals surface area (Å²) in [4.78, 5) is 23.0. The molecule has 1 aromatic carbocycles. The maximum atomic E-state index is 13.3. The number of nitrogens with one attached hydrogen (secondary N) is 2. The summed E-state index contributed by atoms with van der Waals surface area (Å²) < 4.78 is 26.3. The van der Waals surface area contributed by atoms with Crippen LogP contribution in [0.5, 0.6) is 0 Å². The van der Waals surface area contributed by atoms with Crippen LogP contribution in [0.3, 0.4) is 0 Å². The van der Waals surface area contributed by atoms with E-state index < -0.39 is 11.6 Å². The minimum absolute atomic E-state index is 0. The third-order valence-corrected chi connectivity index (χ3v) is 4.88. The molecule has 2 N–H and O–H groups in total. The Morgan fingerprint density at radius 1 is 1.03 bits per heavy atom. The van der Waals surface area contributed by atoms with Gasteiger partial charge in [-0.05, 0) is 50.8 Å². The zero-order valence-electron chi connectivity index (χ0n) is 16.7. The SMILES string of the molecule is Cc1nc(N[C@H]2CC[C@@H](NC(=O)c3ccc(F)c(F)c3)CC2)cc(N(C)C)n1.Cl. The van der Waals surface area contributed by atoms with Crippen molar-refractivity contribution in [2.75, 3.05) is 24.3 Å². The van der Waals surface area contributed by atoms with Gasteiger partial charge in [-0.1, -0.05) is 0 Å². The first kappa shape index (κ1) is 22.8. The molecule has 1 fully saturated rings. The van der Waals surface area contributed by atoms with Crippen molar-refractivity contribution in [3.05, 3.63) is 47.3 Å². The van der Waals surface area contributed by atoms with Crippen LogP contribution in [-0.2, 0) is 0 Å². The van der Waals surface area contributed by atoms with E-state index in [4.69, 9.17) is 0 Å². The van der Waals surface area contributed by atoms with Crippen LogP contribution in [-0.4, -0.2) is 42.1 Å². The van der Waals surface area contributed by atoms with Crippen molar-refractivity contribution < 1.29 is 13.6 Å². The van der Waals surface area contributed by atoms with Crippen molar-refractivity contribution in [3.8, 4) is 0 Å². The van der Waals surface area contributed by atoms with Crippen molar-refractivity contribution in [2.24, 2.45) is 0 Å². The van der Waals surface area contributed by atoms with E-state index in [1.807, 2.05) is 32.0 Å². The van der Waals surface area contributed by atoms with Gasteiger partial charge in [0.2, 0.25) is 0 Å². The minimum atomic E-state index is -1.02. The third-order valence-electron chi connectivity index (χ3n) is 4.88. The summed E-state index contributed by atoms with van der Waals surface area (Å²) >= 11 is 0. The Morgan fingerprint density at radius 3 is 2.31 bits per heavy atom. The molecule has 0 radical (unpaired) electrons. The van der Waals surface area contributed by atoms with Crippen LogP contribution in [0.4, 0.5) is 20.4 Å². The fraction of sp³-hybridized carbons (Fsp3) is 0.450. The monoisotopic (exact) mass is 425 g/mol. The number of aromatic nitrogens is 2. The molecule has 9 heteroatoms. The maximum absolute atomic E-state index is 13.3. The van der Waals surface area contributed by atoms with E-state index in [0.717, 1.165) is 49.5 Å². The summed E-state index contributed by atoms with van der Waals surface area (Å²) in [6, 6.07) is 5.39. The molecule has 2 aromatic rings. The lowest BCUT2D eigenvalue weighted by Gasteiger charge is -2.30. The number of carbonyl (C=O) groups is 1. The quantitative estimate of drug-likeness (QED) is 0.764. The largest absolute Gasteiger partial charge is 0.367 e. The van der Waals surface area contributed by atoms with Crippen molar-refractivity contribution in [1.82, 2.24) is 15.3 Å². The molecule has 0 unspecified atom stereocenters. The standard InChI is InChI=1S/C20H25F2N5O.ClH/c1-12-23-18(11-19(24-12)27(2)3)25-14-5-7-15(8-6-14)26-20(28)13-4-9-16(21)17(22)10-13;/h4,9-11,14-15H,5-8H2,1-3H3,(H,26,28)(H,23,24,25);1H/t14-,15+;. The summed E-state index contributed by atoms with van der Waals surface area (Å²) in [6.07, 6.45) is 3.36. The molecule has 0 aliphatic heterocycles. The number of aryl methyl sites for hydroxylation is 1. The number of halogens is 3. The van der Waals surface area contributed by atoms with Gasteiger partial charge in [0, 0.05) is 37.8 Å². The van der Waals surface area contributed by atoms with Gasteiger partial charge in [0.1, 0.15) is 17.5 Å². The fourth-order valence-electron chi connectivity index (χ4n) is 3.35. The van der Waals surface area contributed by atoms with Crippen LogP contribution < -0.4 is 15.5 Å². The molecule has 0 spiro atoms. The molecule has 158 valence electrons. The number of nitrogens with zero attached hydrogens (tertiary/aromatic N) is 3. The molecule has 0 atom stereocenters. The molecule has 1 saturated carbocycles. The zero-order chi connectivity index (χ0) is 20.3. The van der Waals surface area contributed by atoms with E-state index in [-0.39, 0.29) is 36.0 Å². The van der Waals surface area contributed by atoms with E-state index in [0.29, 0.717) is 5.82 Å². The molecule has 0 bridgehead atoms. The molecule has 0 saturated heterocycles. The number of hydrogen-bond donors (Lipinski definition) is 2. The number of hydrogen-bond acceptors (Lipinski definition) is 5. The Hall–Kier alpha value is -2.48. The van der Waals surface area contributed by atoms with Gasteiger partial charge in [-0.3, -0.25) is 4.79 Å². The molecular formula is C20H26ClF2N5O. The highest BCUT2D eigenvalue weighted by molar-refractivity contribution is 5.94. The summed E-state index contributed by atoms with van der Waals surface area (Å²) in [5.41, 5.74) is 0.131. The first-order valence-electron chi connectivity index (χ1n) is 9.37. The van der Waals surface area contributed by atoms with Crippen LogP contribution in [0.25, 0.3) is 0 Å². The topological polar surface area (TPSA) is 70.2 Å². The average Bonchev–Trinajstić information content (AvgIpc) is 2.65. The lowest BCUT2D eigenvalue weighted by molar-refractivity contribution is 0.0926. The Labute approximate surface area is 175 Å². The highest BCUT2D eigenvalue weighted by Gasteiger charge is 2.23. The van der Waals surface area contributed by atoms with Crippen molar-refractivity contribution in [3.63, 3.8) is 0 Å². The smallest absolute Gasteiger partial charge is 0.251 e. The summed E-state index contributed by atoms with van der Waals surface area (Å²) in [7, 11) is 3.87. The van der Waals surface area contributed by atoms with E-state index in [1.54, 1.807) is 0 Å². The van der Waals surface area contributed by atoms with Gasteiger partial charge in [0.25, 0.3) is 5.91 Å². The molecule has 1 heterocycles. The molecule has 1 aromatic heterocycles. The predicted octanol–water partition coefficient (Wildman–Crippen LogP) is 3.70. The van der Waals surface area contributed by atoms with Crippen LogP contribution in [0.15, 0.2) is 24.3 Å². The number of rotatable bonds is 5. The molecule has 29 heavy (non-hydrogen) atoms. The summed E-state index contributed by atoms with van der Waals surface area (Å²) in [5.74, 6) is 0.00445.